The summed E-state index contributed by atoms with van der Waals surface area (Å²) in [5, 5.41) is 5.20. The first-order chi connectivity index (χ1) is 10.1. The summed E-state index contributed by atoms with van der Waals surface area (Å²) in [5.74, 6) is 2.29. The Morgan fingerprint density at radius 1 is 1.29 bits per heavy atom. The van der Waals surface area contributed by atoms with E-state index >= 15 is 0 Å². The number of ether oxygens (including phenoxy) is 1. The van der Waals surface area contributed by atoms with E-state index in [0.29, 0.717) is 11.2 Å². The van der Waals surface area contributed by atoms with Gasteiger partial charge in [0.15, 0.2) is 0 Å². The van der Waals surface area contributed by atoms with Gasteiger partial charge in [0.25, 0.3) is 0 Å². The highest BCUT2D eigenvalue weighted by atomic mass is 32.2. The van der Waals surface area contributed by atoms with E-state index in [9.17, 15) is 0 Å². The van der Waals surface area contributed by atoms with Crippen LogP contribution < -0.4 is 5.32 Å². The molecule has 1 aromatic rings. The van der Waals surface area contributed by atoms with Crippen molar-refractivity contribution in [3.8, 4) is 0 Å². The van der Waals surface area contributed by atoms with Crippen molar-refractivity contribution in [2.75, 3.05) is 25.1 Å². The fourth-order valence-corrected chi connectivity index (χ4v) is 3.42. The van der Waals surface area contributed by atoms with Crippen LogP contribution >= 0.6 is 11.8 Å². The lowest BCUT2D eigenvalue weighted by Gasteiger charge is -2.23. The molecule has 118 valence electrons. The zero-order chi connectivity index (χ0) is 15.2. The van der Waals surface area contributed by atoms with Gasteiger partial charge in [-0.3, -0.25) is 0 Å². The van der Waals surface area contributed by atoms with Crippen LogP contribution in [-0.4, -0.2) is 35.0 Å². The smallest absolute Gasteiger partial charge is 0.134 e. The van der Waals surface area contributed by atoms with Crippen molar-refractivity contribution in [3.05, 3.63) is 11.4 Å². The van der Waals surface area contributed by atoms with Crippen molar-refractivity contribution in [1.82, 2.24) is 9.97 Å². The van der Waals surface area contributed by atoms with Gasteiger partial charge in [-0.2, -0.15) is 0 Å². The molecule has 1 aliphatic heterocycles. The third-order valence-corrected chi connectivity index (χ3v) is 5.05. The Hall–Kier alpha value is -0.810. The van der Waals surface area contributed by atoms with Gasteiger partial charge < -0.3 is 10.1 Å². The number of hydrogen-bond acceptors (Lipinski definition) is 5. The largest absolute Gasteiger partial charge is 0.381 e. The van der Waals surface area contributed by atoms with Crippen LogP contribution in [0.2, 0.25) is 0 Å². The van der Waals surface area contributed by atoms with E-state index in [4.69, 9.17) is 14.7 Å². The molecule has 0 atom stereocenters. The summed E-state index contributed by atoms with van der Waals surface area (Å²) >= 11 is 1.90. The Labute approximate surface area is 132 Å². The highest BCUT2D eigenvalue weighted by Gasteiger charge is 2.20. The van der Waals surface area contributed by atoms with Crippen molar-refractivity contribution in [2.24, 2.45) is 0 Å². The first kappa shape index (κ1) is 16.6. The molecule has 5 heteroatoms. The SMILES string of the molecule is CCCNc1nc(C(C)C)nc(SC2CCOCC2)c1C. The van der Waals surface area contributed by atoms with E-state index in [0.717, 1.165) is 55.7 Å². The zero-order valence-corrected chi connectivity index (χ0v) is 14.4. The molecule has 0 unspecified atom stereocenters. The van der Waals surface area contributed by atoms with Gasteiger partial charge in [0.2, 0.25) is 0 Å². The van der Waals surface area contributed by atoms with Gasteiger partial charge in [0.05, 0.1) is 0 Å². The van der Waals surface area contributed by atoms with E-state index in [1.807, 2.05) is 11.8 Å². The molecular weight excluding hydrogens is 282 g/mol. The Morgan fingerprint density at radius 2 is 2.00 bits per heavy atom. The first-order valence-corrected chi connectivity index (χ1v) is 8.86. The minimum absolute atomic E-state index is 0.349. The normalized spacial score (nSPS) is 16.4. The number of aromatic nitrogens is 2. The molecule has 1 N–H and O–H groups in total. The predicted octanol–water partition coefficient (Wildman–Crippen LogP) is 4.00. The minimum atomic E-state index is 0.349. The van der Waals surface area contributed by atoms with Gasteiger partial charge >= 0.3 is 0 Å². The Balaban J connectivity index is 2.22. The fourth-order valence-electron chi connectivity index (χ4n) is 2.25. The van der Waals surface area contributed by atoms with Crippen LogP contribution in [0.3, 0.4) is 0 Å². The van der Waals surface area contributed by atoms with E-state index in [1.54, 1.807) is 0 Å². The van der Waals surface area contributed by atoms with Gasteiger partial charge in [-0.15, -0.1) is 11.8 Å². The van der Waals surface area contributed by atoms with Crippen molar-refractivity contribution in [1.29, 1.82) is 0 Å². The number of thioether (sulfide) groups is 1. The first-order valence-electron chi connectivity index (χ1n) is 7.98. The second kappa shape index (κ2) is 7.99. The van der Waals surface area contributed by atoms with E-state index in [2.05, 4.69) is 33.0 Å². The van der Waals surface area contributed by atoms with Crippen LogP contribution in [-0.2, 0) is 4.74 Å². The molecule has 4 nitrogen and oxygen atoms in total. The van der Waals surface area contributed by atoms with Crippen LogP contribution in [0.5, 0.6) is 0 Å². The van der Waals surface area contributed by atoms with Crippen LogP contribution in [0.15, 0.2) is 5.03 Å². The molecule has 1 saturated heterocycles. The van der Waals surface area contributed by atoms with Gasteiger partial charge in [-0.25, -0.2) is 9.97 Å². The quantitative estimate of drug-likeness (QED) is 0.805. The molecule has 0 aromatic carbocycles. The highest BCUT2D eigenvalue weighted by molar-refractivity contribution is 7.99. The van der Waals surface area contributed by atoms with E-state index in [1.165, 1.54) is 5.56 Å². The molecule has 2 heterocycles. The molecule has 0 amide bonds. The lowest BCUT2D eigenvalue weighted by atomic mass is 10.2. The Kier molecular flexibility index (Phi) is 6.30. The van der Waals surface area contributed by atoms with Gasteiger partial charge in [-0.05, 0) is 26.2 Å². The average Bonchev–Trinajstić information content (AvgIpc) is 2.49. The number of nitrogens with zero attached hydrogens (tertiary/aromatic N) is 2. The van der Waals surface area contributed by atoms with Crippen LogP contribution in [0.1, 0.15) is 57.3 Å². The van der Waals surface area contributed by atoms with Gasteiger partial charge in [-0.1, -0.05) is 20.8 Å². The molecular formula is C16H27N3OS. The van der Waals surface area contributed by atoms with Crippen molar-refractivity contribution in [2.45, 2.75) is 63.2 Å². The third kappa shape index (κ3) is 4.58. The summed E-state index contributed by atoms with van der Waals surface area (Å²) < 4.78 is 5.45. The molecule has 0 spiro atoms. The number of nitrogens with one attached hydrogen (secondary N) is 1. The second-order valence-corrected chi connectivity index (χ2v) is 7.16. The zero-order valence-electron chi connectivity index (χ0n) is 13.6. The average molecular weight is 309 g/mol. The maximum atomic E-state index is 5.45. The van der Waals surface area contributed by atoms with Gasteiger partial charge in [0.1, 0.15) is 16.7 Å². The number of anilines is 1. The van der Waals surface area contributed by atoms with Crippen molar-refractivity contribution in [3.63, 3.8) is 0 Å². The lowest BCUT2D eigenvalue weighted by molar-refractivity contribution is 0.1000. The van der Waals surface area contributed by atoms with Crippen molar-refractivity contribution < 1.29 is 4.74 Å². The van der Waals surface area contributed by atoms with Crippen LogP contribution in [0.4, 0.5) is 5.82 Å². The molecule has 2 rings (SSSR count). The summed E-state index contributed by atoms with van der Waals surface area (Å²) in [7, 11) is 0. The molecule has 0 radical (unpaired) electrons. The third-order valence-electron chi connectivity index (χ3n) is 3.62. The fraction of sp³-hybridized carbons (Fsp3) is 0.750. The van der Waals surface area contributed by atoms with Gasteiger partial charge in [0, 0.05) is 36.5 Å². The molecule has 0 bridgehead atoms. The summed E-state index contributed by atoms with van der Waals surface area (Å²) in [6.07, 6.45) is 3.33. The van der Waals surface area contributed by atoms with Crippen molar-refractivity contribution >= 4 is 17.6 Å². The van der Waals surface area contributed by atoms with Crippen LogP contribution in [0, 0.1) is 6.92 Å². The Morgan fingerprint density at radius 3 is 2.62 bits per heavy atom. The van der Waals surface area contributed by atoms with Crippen LogP contribution in [0.25, 0.3) is 0 Å². The molecule has 0 aliphatic carbocycles. The minimum Gasteiger partial charge on any atom is -0.381 e. The van der Waals surface area contributed by atoms with E-state index in [-0.39, 0.29) is 0 Å². The number of rotatable bonds is 6. The second-order valence-electron chi connectivity index (χ2n) is 5.87. The Bertz CT molecular complexity index is 459. The monoisotopic (exact) mass is 309 g/mol. The summed E-state index contributed by atoms with van der Waals surface area (Å²) in [5.41, 5.74) is 1.18. The molecule has 21 heavy (non-hydrogen) atoms. The summed E-state index contributed by atoms with van der Waals surface area (Å²) in [4.78, 5) is 9.51. The highest BCUT2D eigenvalue weighted by Crippen LogP contribution is 2.33. The lowest BCUT2D eigenvalue weighted by Crippen LogP contribution is -2.18. The predicted molar refractivity (Wildman–Crippen MR) is 89.3 cm³/mol. The molecule has 0 saturated carbocycles. The molecule has 1 fully saturated rings. The maximum absolute atomic E-state index is 5.45. The topological polar surface area (TPSA) is 47.0 Å². The summed E-state index contributed by atoms with van der Waals surface area (Å²) in [6.45, 7) is 11.3. The number of hydrogen-bond donors (Lipinski definition) is 1. The molecule has 1 aliphatic rings. The van der Waals surface area contributed by atoms with E-state index < -0.39 is 0 Å². The standard InChI is InChI=1S/C16H27N3OS/c1-5-8-17-15-12(4)16(19-14(18-15)11(2)3)21-13-6-9-20-10-7-13/h11,13H,5-10H2,1-4H3,(H,17,18,19). The molecule has 1 aromatic heterocycles. The summed E-state index contributed by atoms with van der Waals surface area (Å²) in [6, 6.07) is 0. The maximum Gasteiger partial charge on any atom is 0.134 e.